The summed E-state index contributed by atoms with van der Waals surface area (Å²) in [5.74, 6) is -0.595. The van der Waals surface area contributed by atoms with E-state index in [-0.39, 0.29) is 5.75 Å². The molecule has 0 amide bonds. The van der Waals surface area contributed by atoms with Crippen LogP contribution >= 0.6 is 0 Å². The van der Waals surface area contributed by atoms with Crippen LogP contribution in [-0.2, 0) is 12.6 Å². The molecule has 0 saturated heterocycles. The van der Waals surface area contributed by atoms with Gasteiger partial charge in [0.1, 0.15) is 22.9 Å². The normalized spacial score (nSPS) is 11.8. The highest BCUT2D eigenvalue weighted by Crippen LogP contribution is 2.38. The number of hydrogen-bond donors (Lipinski definition) is 0. The van der Waals surface area contributed by atoms with Crippen molar-refractivity contribution in [1.29, 1.82) is 0 Å². The lowest BCUT2D eigenvalue weighted by Crippen LogP contribution is -2.07. The molecular weight excluding hydrogens is 296 g/mol. The molecule has 0 aliphatic heterocycles. The summed E-state index contributed by atoms with van der Waals surface area (Å²) in [6.07, 6.45) is -3.79. The molecule has 5 heteroatoms. The zero-order valence-electron chi connectivity index (χ0n) is 12.2. The smallest absolute Gasteiger partial charge is 0.420 e. The second-order valence-electron chi connectivity index (χ2n) is 5.48. The summed E-state index contributed by atoms with van der Waals surface area (Å²) in [7, 11) is 0. The molecule has 0 heterocycles. The van der Waals surface area contributed by atoms with Gasteiger partial charge in [0.15, 0.2) is 0 Å². The van der Waals surface area contributed by atoms with Gasteiger partial charge in [0.2, 0.25) is 0 Å². The number of ether oxygens (including phenoxy) is 1. The van der Waals surface area contributed by atoms with Crippen LogP contribution in [-0.4, -0.2) is 0 Å². The van der Waals surface area contributed by atoms with Gasteiger partial charge in [0, 0.05) is 0 Å². The van der Waals surface area contributed by atoms with Crippen LogP contribution < -0.4 is 4.74 Å². The second-order valence-corrected chi connectivity index (χ2v) is 5.48. The maximum Gasteiger partial charge on any atom is 0.420 e. The van der Waals surface area contributed by atoms with Crippen LogP contribution in [0.2, 0.25) is 0 Å². The van der Waals surface area contributed by atoms with E-state index in [0.29, 0.717) is 12.0 Å². The third-order valence-corrected chi connectivity index (χ3v) is 3.04. The van der Waals surface area contributed by atoms with Gasteiger partial charge in [-0.15, -0.1) is 0 Å². The van der Waals surface area contributed by atoms with E-state index in [1.165, 1.54) is 0 Å². The van der Waals surface area contributed by atoms with Crippen LogP contribution in [0.1, 0.15) is 25.0 Å². The number of hydrogen-bond acceptors (Lipinski definition) is 1. The van der Waals surface area contributed by atoms with Crippen LogP contribution in [0.15, 0.2) is 42.5 Å². The van der Waals surface area contributed by atoms with E-state index in [9.17, 15) is 17.6 Å². The highest BCUT2D eigenvalue weighted by molar-refractivity contribution is 5.40. The van der Waals surface area contributed by atoms with Gasteiger partial charge in [0.25, 0.3) is 0 Å². The van der Waals surface area contributed by atoms with Gasteiger partial charge in [0.05, 0.1) is 0 Å². The predicted octanol–water partition coefficient (Wildman–Crippen LogP) is 5.84. The Bertz CT molecular complexity index is 630. The van der Waals surface area contributed by atoms with E-state index >= 15 is 0 Å². The minimum atomic E-state index is -4.67. The van der Waals surface area contributed by atoms with E-state index in [1.807, 2.05) is 12.1 Å². The zero-order valence-corrected chi connectivity index (χ0v) is 12.2. The van der Waals surface area contributed by atoms with Crippen molar-refractivity contribution in [2.45, 2.75) is 26.4 Å². The van der Waals surface area contributed by atoms with Crippen molar-refractivity contribution in [1.82, 2.24) is 0 Å². The Morgan fingerprint density at radius 2 is 1.64 bits per heavy atom. The molecule has 1 nitrogen and oxygen atoms in total. The standard InChI is InChI=1S/C17H16F4O/c1-11(2)9-12-3-6-14(7-4-12)22-16-8-5-13(18)10-15(16)17(19,20)21/h3-8,10-11H,9H2,1-2H3. The highest BCUT2D eigenvalue weighted by Gasteiger charge is 2.35. The molecule has 2 rings (SSSR count). The fraction of sp³-hybridized carbons (Fsp3) is 0.294. The molecule has 0 unspecified atom stereocenters. The van der Waals surface area contributed by atoms with Gasteiger partial charge in [-0.25, -0.2) is 4.39 Å². The molecular formula is C17H16F4O. The van der Waals surface area contributed by atoms with Crippen LogP contribution in [0.3, 0.4) is 0 Å². The molecule has 118 valence electrons. The van der Waals surface area contributed by atoms with E-state index in [0.717, 1.165) is 24.1 Å². The Kier molecular flexibility index (Phi) is 4.74. The average molecular weight is 312 g/mol. The summed E-state index contributed by atoms with van der Waals surface area (Å²) in [5.41, 5.74) is -0.0451. The van der Waals surface area contributed by atoms with Crippen LogP contribution in [0.25, 0.3) is 0 Å². The fourth-order valence-electron chi connectivity index (χ4n) is 2.10. The molecule has 0 fully saturated rings. The summed E-state index contributed by atoms with van der Waals surface area (Å²) >= 11 is 0. The first kappa shape index (κ1) is 16.3. The molecule has 2 aromatic carbocycles. The Balaban J connectivity index is 2.24. The SMILES string of the molecule is CC(C)Cc1ccc(Oc2ccc(F)cc2C(F)(F)F)cc1. The number of alkyl halides is 3. The van der Waals surface area contributed by atoms with Gasteiger partial charge in [-0.3, -0.25) is 0 Å². The number of benzene rings is 2. The van der Waals surface area contributed by atoms with E-state index < -0.39 is 23.3 Å². The molecule has 0 N–H and O–H groups in total. The largest absolute Gasteiger partial charge is 0.457 e. The molecule has 0 radical (unpaired) electrons. The first-order valence-corrected chi connectivity index (χ1v) is 6.89. The number of rotatable bonds is 4. The van der Waals surface area contributed by atoms with Crippen LogP contribution in [0.4, 0.5) is 17.6 Å². The maximum atomic E-state index is 13.0. The fourth-order valence-corrected chi connectivity index (χ4v) is 2.10. The minimum Gasteiger partial charge on any atom is -0.457 e. The molecule has 22 heavy (non-hydrogen) atoms. The van der Waals surface area contributed by atoms with Crippen molar-refractivity contribution in [2.24, 2.45) is 5.92 Å². The summed E-state index contributed by atoms with van der Waals surface area (Å²) < 4.78 is 57.0. The van der Waals surface area contributed by atoms with Gasteiger partial charge in [-0.2, -0.15) is 13.2 Å². The summed E-state index contributed by atoms with van der Waals surface area (Å²) in [6, 6.07) is 9.21. The van der Waals surface area contributed by atoms with E-state index in [1.54, 1.807) is 12.1 Å². The first-order chi connectivity index (χ1) is 10.3. The van der Waals surface area contributed by atoms with E-state index in [2.05, 4.69) is 13.8 Å². The monoisotopic (exact) mass is 312 g/mol. The summed E-state index contributed by atoms with van der Waals surface area (Å²) in [6.45, 7) is 4.16. The number of halogens is 4. The van der Waals surface area contributed by atoms with Crippen LogP contribution in [0, 0.1) is 11.7 Å². The van der Waals surface area contributed by atoms with Gasteiger partial charge >= 0.3 is 6.18 Å². The molecule has 0 saturated carbocycles. The third kappa shape index (κ3) is 4.23. The first-order valence-electron chi connectivity index (χ1n) is 6.89. The molecule has 0 aliphatic carbocycles. The highest BCUT2D eigenvalue weighted by atomic mass is 19.4. The molecule has 0 atom stereocenters. The van der Waals surface area contributed by atoms with E-state index in [4.69, 9.17) is 4.74 Å². The minimum absolute atomic E-state index is 0.282. The molecule has 0 aromatic heterocycles. The molecule has 0 spiro atoms. The third-order valence-electron chi connectivity index (χ3n) is 3.04. The van der Waals surface area contributed by atoms with Crippen molar-refractivity contribution >= 4 is 0 Å². The maximum absolute atomic E-state index is 13.0. The van der Waals surface area contributed by atoms with Gasteiger partial charge in [-0.05, 0) is 48.2 Å². The molecule has 0 bridgehead atoms. The molecule has 0 aliphatic rings. The van der Waals surface area contributed by atoms with Crippen LogP contribution in [0.5, 0.6) is 11.5 Å². The average Bonchev–Trinajstić information content (AvgIpc) is 2.41. The van der Waals surface area contributed by atoms with Crippen molar-refractivity contribution in [3.63, 3.8) is 0 Å². The van der Waals surface area contributed by atoms with Crippen molar-refractivity contribution in [3.8, 4) is 11.5 Å². The summed E-state index contributed by atoms with van der Waals surface area (Å²) in [4.78, 5) is 0. The van der Waals surface area contributed by atoms with Gasteiger partial charge in [-0.1, -0.05) is 26.0 Å². The van der Waals surface area contributed by atoms with Gasteiger partial charge < -0.3 is 4.74 Å². The lowest BCUT2D eigenvalue weighted by Gasteiger charge is -2.14. The zero-order chi connectivity index (χ0) is 16.3. The lowest BCUT2D eigenvalue weighted by molar-refractivity contribution is -0.138. The quantitative estimate of drug-likeness (QED) is 0.645. The Hall–Kier alpha value is -2.04. The Labute approximate surface area is 126 Å². The van der Waals surface area contributed by atoms with Crippen molar-refractivity contribution in [3.05, 3.63) is 59.4 Å². The second kappa shape index (κ2) is 6.38. The molecule has 2 aromatic rings. The Morgan fingerprint density at radius 3 is 2.18 bits per heavy atom. The predicted molar refractivity (Wildman–Crippen MR) is 76.5 cm³/mol. The van der Waals surface area contributed by atoms with Crippen molar-refractivity contribution < 1.29 is 22.3 Å². The Morgan fingerprint density at radius 1 is 1.00 bits per heavy atom. The van der Waals surface area contributed by atoms with Crippen molar-refractivity contribution in [2.75, 3.05) is 0 Å². The topological polar surface area (TPSA) is 9.23 Å². The lowest BCUT2D eigenvalue weighted by atomic mass is 10.0. The summed E-state index contributed by atoms with van der Waals surface area (Å²) in [5, 5.41) is 0.